The molecule has 6 heteroatoms. The number of amides is 1. The Morgan fingerprint density at radius 1 is 1.57 bits per heavy atom. The van der Waals surface area contributed by atoms with Crippen molar-refractivity contribution in [2.45, 2.75) is 32.2 Å². The summed E-state index contributed by atoms with van der Waals surface area (Å²) in [5.74, 6) is -0.322. The second-order valence-corrected chi connectivity index (χ2v) is 6.64. The average Bonchev–Trinajstić information content (AvgIpc) is 3.01. The molecule has 1 aromatic heterocycles. The van der Waals surface area contributed by atoms with Crippen LogP contribution >= 0.6 is 11.3 Å². The zero-order valence-electron chi connectivity index (χ0n) is 12.5. The van der Waals surface area contributed by atoms with Crippen molar-refractivity contribution < 1.29 is 14.3 Å². The molecule has 0 aromatic carbocycles. The van der Waals surface area contributed by atoms with Gasteiger partial charge in [-0.1, -0.05) is 6.07 Å². The van der Waals surface area contributed by atoms with Crippen LogP contribution in [0.3, 0.4) is 0 Å². The molecule has 0 spiro atoms. The second kappa shape index (κ2) is 7.04. The topological polar surface area (TPSA) is 67.4 Å². The van der Waals surface area contributed by atoms with E-state index in [-0.39, 0.29) is 24.3 Å². The molecule has 2 heterocycles. The number of carbonyl (C=O) groups is 2. The van der Waals surface area contributed by atoms with E-state index in [1.807, 2.05) is 24.4 Å². The maximum atomic E-state index is 12.6. The lowest BCUT2D eigenvalue weighted by Gasteiger charge is -2.34. The summed E-state index contributed by atoms with van der Waals surface area (Å²) in [4.78, 5) is 25.1. The number of nitrogens with one attached hydrogen (secondary N) is 2. The monoisotopic (exact) mass is 310 g/mol. The average molecular weight is 310 g/mol. The number of esters is 1. The van der Waals surface area contributed by atoms with Gasteiger partial charge in [0.05, 0.1) is 25.0 Å². The third kappa shape index (κ3) is 4.04. The van der Waals surface area contributed by atoms with Crippen LogP contribution in [0.4, 0.5) is 0 Å². The van der Waals surface area contributed by atoms with Crippen molar-refractivity contribution in [3.8, 4) is 0 Å². The summed E-state index contributed by atoms with van der Waals surface area (Å²) in [5, 5.41) is 8.23. The SMILES string of the molecule is COC(=O)CC(NC(=O)C1(C)CCCNC1)c1cccs1. The Hall–Kier alpha value is -1.40. The van der Waals surface area contributed by atoms with Crippen molar-refractivity contribution in [1.82, 2.24) is 10.6 Å². The number of piperidine rings is 1. The molecule has 0 aliphatic carbocycles. The van der Waals surface area contributed by atoms with Crippen LogP contribution < -0.4 is 10.6 Å². The summed E-state index contributed by atoms with van der Waals surface area (Å²) < 4.78 is 4.73. The molecule has 2 atom stereocenters. The van der Waals surface area contributed by atoms with Crippen molar-refractivity contribution in [2.24, 2.45) is 5.41 Å². The molecule has 0 radical (unpaired) electrons. The standard InChI is InChI=1S/C15H22N2O3S/c1-15(6-4-7-16-10-15)14(19)17-11(9-13(18)20-2)12-5-3-8-21-12/h3,5,8,11,16H,4,6-7,9-10H2,1-2H3,(H,17,19). The van der Waals surface area contributed by atoms with E-state index in [1.165, 1.54) is 18.4 Å². The van der Waals surface area contributed by atoms with Crippen LogP contribution in [0.2, 0.25) is 0 Å². The fraction of sp³-hybridized carbons (Fsp3) is 0.600. The molecule has 1 amide bonds. The molecule has 5 nitrogen and oxygen atoms in total. The highest BCUT2D eigenvalue weighted by atomic mass is 32.1. The fourth-order valence-corrected chi connectivity index (χ4v) is 3.32. The minimum absolute atomic E-state index is 0.00277. The van der Waals surface area contributed by atoms with Crippen molar-refractivity contribution in [2.75, 3.05) is 20.2 Å². The predicted molar refractivity (Wildman–Crippen MR) is 82.0 cm³/mol. The van der Waals surface area contributed by atoms with Crippen LogP contribution in [0.25, 0.3) is 0 Å². The minimum atomic E-state index is -0.413. The molecule has 1 aliphatic heterocycles. The van der Waals surface area contributed by atoms with Gasteiger partial charge in [0.1, 0.15) is 0 Å². The van der Waals surface area contributed by atoms with Gasteiger partial charge in [0, 0.05) is 11.4 Å². The summed E-state index contributed by atoms with van der Waals surface area (Å²) >= 11 is 1.53. The van der Waals surface area contributed by atoms with E-state index in [0.29, 0.717) is 6.54 Å². The van der Waals surface area contributed by atoms with Crippen LogP contribution in [0, 0.1) is 5.41 Å². The Balaban J connectivity index is 2.07. The lowest BCUT2D eigenvalue weighted by Crippen LogP contribution is -2.49. The van der Waals surface area contributed by atoms with Gasteiger partial charge in [-0.25, -0.2) is 0 Å². The predicted octanol–water partition coefficient (Wildman–Crippen LogP) is 1.86. The van der Waals surface area contributed by atoms with E-state index in [4.69, 9.17) is 4.74 Å². The normalized spacial score (nSPS) is 23.3. The smallest absolute Gasteiger partial charge is 0.307 e. The third-order valence-corrected chi connectivity index (χ3v) is 4.92. The van der Waals surface area contributed by atoms with Crippen LogP contribution in [-0.2, 0) is 14.3 Å². The number of carbonyl (C=O) groups excluding carboxylic acids is 2. The van der Waals surface area contributed by atoms with Gasteiger partial charge in [0.2, 0.25) is 5.91 Å². The Morgan fingerprint density at radius 3 is 2.95 bits per heavy atom. The van der Waals surface area contributed by atoms with Gasteiger partial charge in [-0.15, -0.1) is 11.3 Å². The van der Waals surface area contributed by atoms with Crippen molar-refractivity contribution >= 4 is 23.2 Å². The number of hydrogen-bond acceptors (Lipinski definition) is 5. The second-order valence-electron chi connectivity index (χ2n) is 5.66. The molecule has 2 rings (SSSR count). The number of hydrogen-bond donors (Lipinski definition) is 2. The minimum Gasteiger partial charge on any atom is -0.469 e. The first kappa shape index (κ1) is 16.0. The van der Waals surface area contributed by atoms with Gasteiger partial charge in [-0.3, -0.25) is 9.59 Å². The highest BCUT2D eigenvalue weighted by Gasteiger charge is 2.36. The summed E-state index contributed by atoms with van der Waals surface area (Å²) in [6.07, 6.45) is 2.01. The van der Waals surface area contributed by atoms with Crippen molar-refractivity contribution in [3.05, 3.63) is 22.4 Å². The molecule has 0 saturated carbocycles. The lowest BCUT2D eigenvalue weighted by atomic mass is 9.81. The van der Waals surface area contributed by atoms with E-state index >= 15 is 0 Å². The zero-order valence-corrected chi connectivity index (χ0v) is 13.3. The van der Waals surface area contributed by atoms with E-state index in [1.54, 1.807) is 0 Å². The maximum absolute atomic E-state index is 12.6. The molecule has 1 fully saturated rings. The summed E-state index contributed by atoms with van der Waals surface area (Å²) in [5.41, 5.74) is -0.413. The van der Waals surface area contributed by atoms with E-state index in [2.05, 4.69) is 10.6 Å². The van der Waals surface area contributed by atoms with Gasteiger partial charge in [0.15, 0.2) is 0 Å². The fourth-order valence-electron chi connectivity index (χ4n) is 2.54. The Kier molecular flexibility index (Phi) is 5.36. The molecule has 0 bridgehead atoms. The van der Waals surface area contributed by atoms with Crippen molar-refractivity contribution in [1.29, 1.82) is 0 Å². The molecular weight excluding hydrogens is 288 g/mol. The molecule has 1 aliphatic rings. The van der Waals surface area contributed by atoms with Crippen LogP contribution in [0.1, 0.15) is 37.1 Å². The zero-order chi connectivity index (χ0) is 15.3. The van der Waals surface area contributed by atoms with Gasteiger partial charge in [0.25, 0.3) is 0 Å². The molecule has 2 unspecified atom stereocenters. The first-order chi connectivity index (χ1) is 10.0. The van der Waals surface area contributed by atoms with Gasteiger partial charge in [-0.05, 0) is 37.8 Å². The number of thiophene rings is 1. The van der Waals surface area contributed by atoms with Crippen molar-refractivity contribution in [3.63, 3.8) is 0 Å². The van der Waals surface area contributed by atoms with Crippen LogP contribution in [0.5, 0.6) is 0 Å². The van der Waals surface area contributed by atoms with E-state index < -0.39 is 5.41 Å². The Labute approximate surface area is 129 Å². The van der Waals surface area contributed by atoms with Gasteiger partial charge in [-0.2, -0.15) is 0 Å². The molecular formula is C15H22N2O3S. The number of ether oxygens (including phenoxy) is 1. The summed E-state index contributed by atoms with van der Waals surface area (Å²) in [6.45, 7) is 3.60. The third-order valence-electron chi connectivity index (χ3n) is 3.94. The number of methoxy groups -OCH3 is 1. The lowest BCUT2D eigenvalue weighted by molar-refractivity contribution is -0.141. The largest absolute Gasteiger partial charge is 0.469 e. The molecule has 116 valence electrons. The Bertz CT molecular complexity index is 481. The molecule has 21 heavy (non-hydrogen) atoms. The van der Waals surface area contributed by atoms with Gasteiger partial charge >= 0.3 is 5.97 Å². The highest BCUT2D eigenvalue weighted by Crippen LogP contribution is 2.29. The summed E-state index contributed by atoms with van der Waals surface area (Å²) in [6, 6.07) is 3.53. The summed E-state index contributed by atoms with van der Waals surface area (Å²) in [7, 11) is 1.36. The van der Waals surface area contributed by atoms with Crippen LogP contribution in [-0.4, -0.2) is 32.1 Å². The molecule has 1 aromatic rings. The quantitative estimate of drug-likeness (QED) is 0.815. The first-order valence-electron chi connectivity index (χ1n) is 7.17. The molecule has 1 saturated heterocycles. The van der Waals surface area contributed by atoms with Gasteiger partial charge < -0.3 is 15.4 Å². The first-order valence-corrected chi connectivity index (χ1v) is 8.05. The highest BCUT2D eigenvalue weighted by molar-refractivity contribution is 7.10. The maximum Gasteiger partial charge on any atom is 0.307 e. The van der Waals surface area contributed by atoms with E-state index in [0.717, 1.165) is 24.3 Å². The van der Waals surface area contributed by atoms with E-state index in [9.17, 15) is 9.59 Å². The Morgan fingerprint density at radius 2 is 2.38 bits per heavy atom. The molecule has 2 N–H and O–H groups in total. The van der Waals surface area contributed by atoms with Crippen LogP contribution in [0.15, 0.2) is 17.5 Å². The number of rotatable bonds is 5.